The van der Waals surface area contributed by atoms with Gasteiger partial charge in [0.15, 0.2) is 5.11 Å². The van der Waals surface area contributed by atoms with E-state index in [1.54, 1.807) is 0 Å². The van der Waals surface area contributed by atoms with Gasteiger partial charge in [0.1, 0.15) is 5.82 Å². The number of thiocarbonyl (C=S) groups is 1. The van der Waals surface area contributed by atoms with E-state index < -0.39 is 27.7 Å². The van der Waals surface area contributed by atoms with Crippen molar-refractivity contribution in [2.75, 3.05) is 0 Å². The van der Waals surface area contributed by atoms with Gasteiger partial charge in [0, 0.05) is 6.07 Å². The molecule has 0 radical (unpaired) electrons. The molecular formula is C8H7FN4O3S. The van der Waals surface area contributed by atoms with Crippen LogP contribution in [0.2, 0.25) is 0 Å². The van der Waals surface area contributed by atoms with Crippen LogP contribution in [0.3, 0.4) is 0 Å². The topological polar surface area (TPSA) is 114 Å². The van der Waals surface area contributed by atoms with E-state index in [4.69, 9.17) is 5.73 Å². The minimum atomic E-state index is -0.860. The van der Waals surface area contributed by atoms with Crippen molar-refractivity contribution in [3.63, 3.8) is 0 Å². The molecule has 0 fully saturated rings. The van der Waals surface area contributed by atoms with Crippen molar-refractivity contribution >= 4 is 29.2 Å². The Hall–Kier alpha value is -2.29. The van der Waals surface area contributed by atoms with Crippen molar-refractivity contribution in [1.29, 1.82) is 0 Å². The number of hydrogen-bond acceptors (Lipinski definition) is 5. The van der Waals surface area contributed by atoms with Gasteiger partial charge in [0.2, 0.25) is 5.75 Å². The van der Waals surface area contributed by atoms with Crippen LogP contribution in [0.4, 0.5) is 10.1 Å². The second kappa shape index (κ2) is 5.16. The highest BCUT2D eigenvalue weighted by atomic mass is 32.1. The summed E-state index contributed by atoms with van der Waals surface area (Å²) in [6.07, 6.45) is 0.844. The van der Waals surface area contributed by atoms with Gasteiger partial charge in [-0.3, -0.25) is 15.5 Å². The van der Waals surface area contributed by atoms with Crippen molar-refractivity contribution in [2.24, 2.45) is 10.8 Å². The lowest BCUT2D eigenvalue weighted by molar-refractivity contribution is -0.385. The van der Waals surface area contributed by atoms with Crippen LogP contribution in [0, 0.1) is 15.9 Å². The fraction of sp³-hybridized carbons (Fsp3) is 0. The minimum Gasteiger partial charge on any atom is -0.502 e. The third-order valence-electron chi connectivity index (χ3n) is 1.71. The van der Waals surface area contributed by atoms with Crippen LogP contribution in [0.15, 0.2) is 17.2 Å². The molecule has 0 heterocycles. The number of nitro groups is 1. The summed E-state index contributed by atoms with van der Waals surface area (Å²) in [5.41, 5.74) is 6.13. The van der Waals surface area contributed by atoms with Crippen molar-refractivity contribution in [3.8, 4) is 5.75 Å². The molecule has 0 saturated carbocycles. The lowest BCUT2D eigenvalue weighted by Crippen LogP contribution is -2.24. The summed E-state index contributed by atoms with van der Waals surface area (Å²) in [5, 5.41) is 23.2. The van der Waals surface area contributed by atoms with E-state index in [2.05, 4.69) is 22.7 Å². The molecule has 0 bridgehead atoms. The van der Waals surface area contributed by atoms with Crippen molar-refractivity contribution in [3.05, 3.63) is 33.6 Å². The Labute approximate surface area is 99.9 Å². The molecule has 1 rings (SSSR count). The lowest BCUT2D eigenvalue weighted by atomic mass is 10.2. The Balaban J connectivity index is 3.14. The highest BCUT2D eigenvalue weighted by molar-refractivity contribution is 7.80. The SMILES string of the molecule is NC(=S)NN=Cc1c(F)ccc([N+](=O)[O-])c1O. The Bertz CT molecular complexity index is 506. The summed E-state index contributed by atoms with van der Waals surface area (Å²) < 4.78 is 13.3. The zero-order chi connectivity index (χ0) is 13.0. The summed E-state index contributed by atoms with van der Waals surface area (Å²) in [7, 11) is 0. The zero-order valence-electron chi connectivity index (χ0n) is 8.25. The number of phenols is 1. The lowest BCUT2D eigenvalue weighted by Gasteiger charge is -2.01. The average molecular weight is 258 g/mol. The quantitative estimate of drug-likeness (QED) is 0.317. The predicted molar refractivity (Wildman–Crippen MR) is 62.2 cm³/mol. The van der Waals surface area contributed by atoms with Crippen LogP contribution in [0.5, 0.6) is 5.75 Å². The van der Waals surface area contributed by atoms with E-state index in [-0.39, 0.29) is 5.11 Å². The minimum absolute atomic E-state index is 0.161. The molecule has 9 heteroatoms. The van der Waals surface area contributed by atoms with E-state index in [0.29, 0.717) is 0 Å². The number of aromatic hydroxyl groups is 1. The molecule has 0 amide bonds. The fourth-order valence-corrected chi connectivity index (χ4v) is 1.06. The summed E-state index contributed by atoms with van der Waals surface area (Å²) in [6.45, 7) is 0. The Kier molecular flexibility index (Phi) is 3.88. The molecule has 0 aliphatic heterocycles. The smallest absolute Gasteiger partial charge is 0.311 e. The van der Waals surface area contributed by atoms with E-state index in [1.807, 2.05) is 0 Å². The maximum atomic E-state index is 13.3. The molecule has 0 spiro atoms. The van der Waals surface area contributed by atoms with Gasteiger partial charge in [0.25, 0.3) is 0 Å². The highest BCUT2D eigenvalue weighted by Crippen LogP contribution is 2.30. The van der Waals surface area contributed by atoms with Crippen LogP contribution < -0.4 is 11.2 Å². The molecule has 90 valence electrons. The van der Waals surface area contributed by atoms with Crippen LogP contribution in [0.1, 0.15) is 5.56 Å². The number of nitrogens with one attached hydrogen (secondary N) is 1. The van der Waals surface area contributed by atoms with Gasteiger partial charge in [-0.05, 0) is 18.3 Å². The first-order valence-electron chi connectivity index (χ1n) is 4.18. The Morgan fingerprint density at radius 3 is 2.88 bits per heavy atom. The van der Waals surface area contributed by atoms with Gasteiger partial charge in [-0.2, -0.15) is 5.10 Å². The number of hydrogen-bond donors (Lipinski definition) is 3. The van der Waals surface area contributed by atoms with Crippen LogP contribution in [-0.4, -0.2) is 21.4 Å². The highest BCUT2D eigenvalue weighted by Gasteiger charge is 2.19. The predicted octanol–water partition coefficient (Wildman–Crippen LogP) is 0.607. The molecule has 0 unspecified atom stereocenters. The zero-order valence-corrected chi connectivity index (χ0v) is 9.07. The number of rotatable bonds is 3. The van der Waals surface area contributed by atoms with E-state index in [0.717, 1.165) is 18.3 Å². The van der Waals surface area contributed by atoms with E-state index in [9.17, 15) is 19.6 Å². The molecule has 7 nitrogen and oxygen atoms in total. The molecule has 0 aromatic heterocycles. The van der Waals surface area contributed by atoms with Gasteiger partial charge in [-0.25, -0.2) is 4.39 Å². The first-order valence-corrected chi connectivity index (χ1v) is 4.58. The third-order valence-corrected chi connectivity index (χ3v) is 1.80. The standard InChI is InChI=1S/C8H7FN4O3S/c9-5-1-2-6(13(15)16)7(14)4(5)3-11-12-8(10)17/h1-3,14H,(H3,10,12,17). The largest absolute Gasteiger partial charge is 0.502 e. The number of nitro benzene ring substituents is 1. The number of nitrogens with zero attached hydrogens (tertiary/aromatic N) is 2. The third kappa shape index (κ3) is 3.08. The molecule has 17 heavy (non-hydrogen) atoms. The molecule has 0 aliphatic rings. The van der Waals surface area contributed by atoms with Gasteiger partial charge in [-0.1, -0.05) is 0 Å². The molecule has 0 atom stereocenters. The molecular weight excluding hydrogens is 251 g/mol. The van der Waals surface area contributed by atoms with Crippen molar-refractivity contribution in [2.45, 2.75) is 0 Å². The second-order valence-corrected chi connectivity index (χ2v) is 3.26. The molecule has 0 saturated heterocycles. The van der Waals surface area contributed by atoms with Crippen molar-refractivity contribution < 1.29 is 14.4 Å². The normalized spacial score (nSPS) is 10.4. The fourth-order valence-electron chi connectivity index (χ4n) is 1.00. The maximum Gasteiger partial charge on any atom is 0.311 e. The first kappa shape index (κ1) is 12.8. The maximum absolute atomic E-state index is 13.3. The number of benzene rings is 1. The van der Waals surface area contributed by atoms with E-state index >= 15 is 0 Å². The molecule has 4 N–H and O–H groups in total. The number of phenolic OH excluding ortho intramolecular Hbond substituents is 1. The summed E-state index contributed by atoms with van der Waals surface area (Å²) in [6, 6.07) is 1.70. The Morgan fingerprint density at radius 2 is 2.35 bits per heavy atom. The average Bonchev–Trinajstić information content (AvgIpc) is 2.21. The number of nitrogens with two attached hydrogens (primary N) is 1. The van der Waals surface area contributed by atoms with Crippen LogP contribution in [0.25, 0.3) is 0 Å². The number of halogens is 1. The monoisotopic (exact) mass is 258 g/mol. The van der Waals surface area contributed by atoms with E-state index in [1.165, 1.54) is 0 Å². The first-order chi connectivity index (χ1) is 7.93. The van der Waals surface area contributed by atoms with Gasteiger partial charge in [0.05, 0.1) is 16.7 Å². The van der Waals surface area contributed by atoms with Crippen molar-refractivity contribution in [1.82, 2.24) is 5.43 Å². The molecule has 1 aromatic rings. The van der Waals surface area contributed by atoms with Crippen LogP contribution >= 0.6 is 12.2 Å². The number of hydrazone groups is 1. The van der Waals surface area contributed by atoms with Gasteiger partial charge < -0.3 is 10.8 Å². The second-order valence-electron chi connectivity index (χ2n) is 2.82. The van der Waals surface area contributed by atoms with Gasteiger partial charge in [-0.15, -0.1) is 0 Å². The van der Waals surface area contributed by atoms with Crippen LogP contribution in [-0.2, 0) is 0 Å². The summed E-state index contributed by atoms with van der Waals surface area (Å²) >= 11 is 4.43. The molecule has 0 aliphatic carbocycles. The summed E-state index contributed by atoms with van der Waals surface area (Å²) in [5.74, 6) is -1.68. The van der Waals surface area contributed by atoms with Gasteiger partial charge >= 0.3 is 5.69 Å². The molecule has 1 aromatic carbocycles. The summed E-state index contributed by atoms with van der Waals surface area (Å²) in [4.78, 5) is 9.65. The Morgan fingerprint density at radius 1 is 1.71 bits per heavy atom.